The van der Waals surface area contributed by atoms with E-state index in [-0.39, 0.29) is 0 Å². The molecule has 1 aliphatic rings. The van der Waals surface area contributed by atoms with Crippen molar-refractivity contribution in [3.63, 3.8) is 0 Å². The van der Waals surface area contributed by atoms with Gasteiger partial charge in [-0.1, -0.05) is 110 Å². The molecule has 4 rings (SSSR count). The van der Waals surface area contributed by atoms with Gasteiger partial charge < -0.3 is 10.7 Å². The highest BCUT2D eigenvalue weighted by Crippen LogP contribution is 2.32. The van der Waals surface area contributed by atoms with Gasteiger partial charge in [0, 0.05) is 23.0 Å². The zero-order chi connectivity index (χ0) is 23.6. The molecule has 2 nitrogen and oxygen atoms in total. The fraction of sp³-hybridized carbons (Fsp3) is 0.0312. The maximum absolute atomic E-state index is 7.15. The maximum Gasteiger partial charge on any atom is 0.0464 e. The van der Waals surface area contributed by atoms with E-state index in [9.17, 15) is 0 Å². The van der Waals surface area contributed by atoms with Crippen LogP contribution in [0.5, 0.6) is 0 Å². The lowest BCUT2D eigenvalue weighted by atomic mass is 9.95. The molecule has 0 spiro atoms. The van der Waals surface area contributed by atoms with Gasteiger partial charge in [-0.2, -0.15) is 0 Å². The van der Waals surface area contributed by atoms with Gasteiger partial charge in [-0.3, -0.25) is 0 Å². The summed E-state index contributed by atoms with van der Waals surface area (Å²) in [4.78, 5) is 0. The van der Waals surface area contributed by atoms with E-state index in [0.29, 0.717) is 0 Å². The predicted octanol–water partition coefficient (Wildman–Crippen LogP) is 8.73. The van der Waals surface area contributed by atoms with E-state index < -0.39 is 0 Å². The Hall–Kier alpha value is -4.43. The first-order valence-electron chi connectivity index (χ1n) is 11.4. The van der Waals surface area contributed by atoms with Crippen LogP contribution in [0.1, 0.15) is 12.0 Å². The number of rotatable bonds is 8. The number of para-hydroxylation sites is 1. The number of benzene rings is 3. The maximum atomic E-state index is 7.15. The number of nitrogens with one attached hydrogen (secondary N) is 2. The van der Waals surface area contributed by atoms with E-state index in [2.05, 4.69) is 103 Å². The second kappa shape index (κ2) is 11.4. The highest BCUT2D eigenvalue weighted by atomic mass is 14.9. The number of allylic oxidation sites excluding steroid dienone is 13. The molecule has 3 aromatic rings. The van der Waals surface area contributed by atoms with Gasteiger partial charge in [0.1, 0.15) is 0 Å². The second-order valence-electron chi connectivity index (χ2n) is 7.94. The SMILES string of the molecule is C=C(\C=C/C(/C=C\C=C/C=N)=C1/C=CC=CC1)c1ccc(Nc2ccccc2)c2ccccc12. The second-order valence-corrected chi connectivity index (χ2v) is 7.94. The fourth-order valence-electron chi connectivity index (χ4n) is 3.92. The number of hydrogen-bond acceptors (Lipinski definition) is 2. The Morgan fingerprint density at radius 1 is 0.794 bits per heavy atom. The molecule has 0 aromatic heterocycles. The molecule has 0 bridgehead atoms. The Morgan fingerprint density at radius 2 is 1.59 bits per heavy atom. The Balaban J connectivity index is 1.65. The molecule has 0 saturated heterocycles. The summed E-state index contributed by atoms with van der Waals surface area (Å²) in [6.45, 7) is 4.39. The van der Waals surface area contributed by atoms with Crippen LogP contribution in [0.15, 0.2) is 145 Å². The zero-order valence-electron chi connectivity index (χ0n) is 19.1. The zero-order valence-corrected chi connectivity index (χ0v) is 19.1. The van der Waals surface area contributed by atoms with Crippen molar-refractivity contribution in [2.24, 2.45) is 0 Å². The van der Waals surface area contributed by atoms with Gasteiger partial charge >= 0.3 is 0 Å². The van der Waals surface area contributed by atoms with Crippen LogP contribution < -0.4 is 5.32 Å². The van der Waals surface area contributed by atoms with Gasteiger partial charge in [0.25, 0.3) is 0 Å². The highest BCUT2D eigenvalue weighted by molar-refractivity contribution is 6.03. The third-order valence-electron chi connectivity index (χ3n) is 5.63. The van der Waals surface area contributed by atoms with Crippen molar-refractivity contribution in [3.8, 4) is 0 Å². The topological polar surface area (TPSA) is 35.9 Å². The lowest BCUT2D eigenvalue weighted by Crippen LogP contribution is -1.93. The Bertz CT molecular complexity index is 1360. The van der Waals surface area contributed by atoms with Crippen molar-refractivity contribution in [1.29, 1.82) is 5.41 Å². The monoisotopic (exact) mass is 440 g/mol. The standard InChI is InChI=1S/C32H28N2/c1-25(20-21-27(15-7-4-12-24-33)26-13-5-2-6-14-26)29-22-23-32(31-19-11-10-18-30(29)31)34-28-16-8-3-9-17-28/h2-13,15-24,33-34H,1,14H2/b12-4-,15-7-,21-20-,27-26-,33-24?. The minimum Gasteiger partial charge on any atom is -0.355 e. The normalized spacial score (nSPS) is 14.9. The van der Waals surface area contributed by atoms with E-state index in [4.69, 9.17) is 5.41 Å². The predicted molar refractivity (Wildman–Crippen MR) is 149 cm³/mol. The third-order valence-corrected chi connectivity index (χ3v) is 5.63. The molecule has 0 heterocycles. The molecule has 0 atom stereocenters. The first-order chi connectivity index (χ1) is 16.8. The van der Waals surface area contributed by atoms with Gasteiger partial charge in [-0.15, -0.1) is 0 Å². The van der Waals surface area contributed by atoms with Gasteiger partial charge in [0.15, 0.2) is 0 Å². The fourth-order valence-corrected chi connectivity index (χ4v) is 3.92. The minimum absolute atomic E-state index is 0.893. The van der Waals surface area contributed by atoms with Crippen molar-refractivity contribution in [1.82, 2.24) is 0 Å². The number of hydrogen-bond donors (Lipinski definition) is 2. The van der Waals surface area contributed by atoms with E-state index in [1.165, 1.54) is 11.8 Å². The molecule has 0 saturated carbocycles. The van der Waals surface area contributed by atoms with Gasteiger partial charge in [-0.05, 0) is 58.4 Å². The Kier molecular flexibility index (Phi) is 7.66. The van der Waals surface area contributed by atoms with Crippen LogP contribution >= 0.6 is 0 Å². The summed E-state index contributed by atoms with van der Waals surface area (Å²) in [5.41, 5.74) is 6.58. The van der Waals surface area contributed by atoms with Crippen molar-refractivity contribution < 1.29 is 0 Å². The van der Waals surface area contributed by atoms with E-state index in [1.54, 1.807) is 6.08 Å². The first-order valence-corrected chi connectivity index (χ1v) is 11.4. The van der Waals surface area contributed by atoms with Gasteiger partial charge in [0.2, 0.25) is 0 Å². The molecule has 0 unspecified atom stereocenters. The van der Waals surface area contributed by atoms with Crippen molar-refractivity contribution in [3.05, 3.63) is 151 Å². The molecule has 1 aliphatic carbocycles. The molecule has 2 heteroatoms. The van der Waals surface area contributed by atoms with Crippen molar-refractivity contribution >= 4 is 33.9 Å². The molecule has 0 radical (unpaired) electrons. The van der Waals surface area contributed by atoms with Crippen LogP contribution in [-0.4, -0.2) is 6.21 Å². The molecule has 3 aromatic carbocycles. The van der Waals surface area contributed by atoms with Crippen LogP contribution in [0.3, 0.4) is 0 Å². The average Bonchev–Trinajstić information content (AvgIpc) is 2.89. The van der Waals surface area contributed by atoms with Crippen LogP contribution in [0, 0.1) is 5.41 Å². The summed E-state index contributed by atoms with van der Waals surface area (Å²) in [5, 5.41) is 13.0. The summed E-state index contributed by atoms with van der Waals surface area (Å²) in [5.74, 6) is 0. The lowest BCUT2D eigenvalue weighted by Gasteiger charge is -2.14. The number of fused-ring (bicyclic) bond motifs is 1. The summed E-state index contributed by atoms with van der Waals surface area (Å²) >= 11 is 0. The van der Waals surface area contributed by atoms with E-state index >= 15 is 0 Å². The highest BCUT2D eigenvalue weighted by Gasteiger charge is 2.08. The summed E-state index contributed by atoms with van der Waals surface area (Å²) in [6.07, 6.45) is 22.4. The van der Waals surface area contributed by atoms with Crippen LogP contribution in [-0.2, 0) is 0 Å². The van der Waals surface area contributed by atoms with Gasteiger partial charge in [0.05, 0.1) is 0 Å². The van der Waals surface area contributed by atoms with E-state index in [0.717, 1.165) is 45.3 Å². The largest absolute Gasteiger partial charge is 0.355 e. The number of anilines is 2. The Labute approximate surface area is 201 Å². The smallest absolute Gasteiger partial charge is 0.0464 e. The average molecular weight is 441 g/mol. The molecule has 0 aliphatic heterocycles. The summed E-state index contributed by atoms with van der Waals surface area (Å²) in [6, 6.07) is 22.9. The van der Waals surface area contributed by atoms with Crippen molar-refractivity contribution in [2.75, 3.05) is 5.32 Å². The molecule has 166 valence electrons. The van der Waals surface area contributed by atoms with Crippen LogP contribution in [0.2, 0.25) is 0 Å². The van der Waals surface area contributed by atoms with E-state index in [1.807, 2.05) is 30.4 Å². The molecular formula is C32H28N2. The third kappa shape index (κ3) is 5.67. The van der Waals surface area contributed by atoms with Crippen LogP contribution in [0.25, 0.3) is 16.3 Å². The molecule has 0 amide bonds. The molecule has 0 fully saturated rings. The van der Waals surface area contributed by atoms with Gasteiger partial charge in [-0.25, -0.2) is 0 Å². The molecular weight excluding hydrogens is 412 g/mol. The Morgan fingerprint density at radius 3 is 2.35 bits per heavy atom. The lowest BCUT2D eigenvalue weighted by molar-refractivity contribution is 1.24. The quantitative estimate of drug-likeness (QED) is 0.267. The van der Waals surface area contributed by atoms with Crippen LogP contribution in [0.4, 0.5) is 11.4 Å². The first kappa shape index (κ1) is 22.8. The minimum atomic E-state index is 0.893. The summed E-state index contributed by atoms with van der Waals surface area (Å²) < 4.78 is 0. The van der Waals surface area contributed by atoms with Crippen molar-refractivity contribution in [2.45, 2.75) is 6.42 Å². The molecule has 2 N–H and O–H groups in total. The molecule has 34 heavy (non-hydrogen) atoms. The summed E-state index contributed by atoms with van der Waals surface area (Å²) in [7, 11) is 0.